The van der Waals surface area contributed by atoms with Gasteiger partial charge in [0.15, 0.2) is 0 Å². The molecule has 0 unspecified atom stereocenters. The van der Waals surface area contributed by atoms with Crippen LogP contribution in [0.2, 0.25) is 0 Å². The van der Waals surface area contributed by atoms with Crippen molar-refractivity contribution in [2.75, 3.05) is 13.1 Å². The van der Waals surface area contributed by atoms with Crippen LogP contribution in [0.15, 0.2) is 42.5 Å². The van der Waals surface area contributed by atoms with Crippen LogP contribution in [0, 0.1) is 5.82 Å². The van der Waals surface area contributed by atoms with Crippen molar-refractivity contribution in [2.24, 2.45) is 0 Å². The lowest BCUT2D eigenvalue weighted by atomic mass is 9.89. The van der Waals surface area contributed by atoms with Gasteiger partial charge in [0, 0.05) is 12.6 Å². The molecule has 2 aliphatic rings. The van der Waals surface area contributed by atoms with Crippen molar-refractivity contribution < 1.29 is 4.39 Å². The minimum absolute atomic E-state index is 0.158. The number of halogens is 1. The zero-order chi connectivity index (χ0) is 17.5. The molecule has 0 atom stereocenters. The number of piperidine rings is 1. The third-order valence-electron chi connectivity index (χ3n) is 6.02. The summed E-state index contributed by atoms with van der Waals surface area (Å²) in [6, 6.07) is 14.1. The molecular weight excluding hydrogens is 325 g/mol. The highest BCUT2D eigenvalue weighted by atomic mass is 19.1. The first-order valence-electron chi connectivity index (χ1n) is 9.73. The summed E-state index contributed by atoms with van der Waals surface area (Å²) in [6.07, 6.45) is 4.43. The third-order valence-corrected chi connectivity index (χ3v) is 6.02. The monoisotopic (exact) mass is 349 g/mol. The van der Waals surface area contributed by atoms with E-state index in [4.69, 9.17) is 4.98 Å². The highest BCUT2D eigenvalue weighted by molar-refractivity contribution is 5.80. The Balaban J connectivity index is 1.34. The third kappa shape index (κ3) is 2.82. The normalized spacial score (nSPS) is 18.5. The SMILES string of the molecule is Fc1cc2c3c(c1)nc(CN1CCC(c4ccccc4)CC1)n3CCC2. The fourth-order valence-corrected chi connectivity index (χ4v) is 4.69. The summed E-state index contributed by atoms with van der Waals surface area (Å²) in [6.45, 7) is 4.08. The van der Waals surface area contributed by atoms with E-state index in [1.165, 1.54) is 18.4 Å². The van der Waals surface area contributed by atoms with Gasteiger partial charge in [0.2, 0.25) is 0 Å². The molecule has 1 fully saturated rings. The van der Waals surface area contributed by atoms with Gasteiger partial charge in [0.25, 0.3) is 0 Å². The molecule has 3 aromatic rings. The molecule has 0 aliphatic carbocycles. The van der Waals surface area contributed by atoms with Crippen LogP contribution in [0.5, 0.6) is 0 Å². The van der Waals surface area contributed by atoms with Gasteiger partial charge in [0.05, 0.1) is 17.6 Å². The van der Waals surface area contributed by atoms with E-state index in [9.17, 15) is 4.39 Å². The maximum Gasteiger partial charge on any atom is 0.125 e. The van der Waals surface area contributed by atoms with Gasteiger partial charge >= 0.3 is 0 Å². The maximum atomic E-state index is 13.9. The number of hydrogen-bond donors (Lipinski definition) is 0. The lowest BCUT2D eigenvalue weighted by molar-refractivity contribution is 0.198. The van der Waals surface area contributed by atoms with Crippen LogP contribution in [0.1, 0.15) is 42.1 Å². The Hall–Kier alpha value is -2.20. The molecule has 2 aromatic carbocycles. The summed E-state index contributed by atoms with van der Waals surface area (Å²) in [4.78, 5) is 7.31. The first kappa shape index (κ1) is 16.0. The molecule has 3 nitrogen and oxygen atoms in total. The number of aryl methyl sites for hydroxylation is 2. The van der Waals surface area contributed by atoms with Gasteiger partial charge in [-0.2, -0.15) is 0 Å². The summed E-state index contributed by atoms with van der Waals surface area (Å²) in [5, 5.41) is 0. The zero-order valence-corrected chi connectivity index (χ0v) is 15.0. The van der Waals surface area contributed by atoms with Crippen molar-refractivity contribution in [3.05, 3.63) is 65.2 Å². The molecule has 0 amide bonds. The van der Waals surface area contributed by atoms with Crippen LogP contribution >= 0.6 is 0 Å². The molecular formula is C22H24FN3. The lowest BCUT2D eigenvalue weighted by Gasteiger charge is -2.32. The van der Waals surface area contributed by atoms with Crippen LogP contribution in [-0.2, 0) is 19.5 Å². The quantitative estimate of drug-likeness (QED) is 0.694. The van der Waals surface area contributed by atoms with Crippen LogP contribution in [-0.4, -0.2) is 27.5 Å². The number of imidazole rings is 1. The second kappa shape index (κ2) is 6.51. The average Bonchev–Trinajstić information content (AvgIpc) is 3.02. The van der Waals surface area contributed by atoms with Gasteiger partial charge in [-0.25, -0.2) is 9.37 Å². The molecule has 1 aromatic heterocycles. The topological polar surface area (TPSA) is 21.1 Å². The standard InChI is InChI=1S/C22H24FN3/c23-19-13-18-7-4-10-26-21(24-20(14-19)22(18)26)15-25-11-8-17(9-12-25)16-5-2-1-3-6-16/h1-3,5-6,13-14,17H,4,7-12,15H2. The minimum atomic E-state index is -0.158. The molecule has 0 bridgehead atoms. The molecule has 3 heterocycles. The first-order valence-corrected chi connectivity index (χ1v) is 9.73. The summed E-state index contributed by atoms with van der Waals surface area (Å²) < 4.78 is 16.2. The second-order valence-corrected chi connectivity index (χ2v) is 7.68. The van der Waals surface area contributed by atoms with Gasteiger partial charge < -0.3 is 4.57 Å². The van der Waals surface area contributed by atoms with Crippen molar-refractivity contribution in [3.8, 4) is 0 Å². The van der Waals surface area contributed by atoms with Crippen LogP contribution in [0.4, 0.5) is 4.39 Å². The summed E-state index contributed by atoms with van der Waals surface area (Å²) in [5.41, 5.74) is 4.57. The maximum absolute atomic E-state index is 13.9. The Morgan fingerprint density at radius 2 is 1.85 bits per heavy atom. The molecule has 0 saturated carbocycles. The van der Waals surface area contributed by atoms with E-state index in [1.807, 2.05) is 0 Å². The Morgan fingerprint density at radius 1 is 1.04 bits per heavy atom. The van der Waals surface area contributed by atoms with E-state index >= 15 is 0 Å². The zero-order valence-electron chi connectivity index (χ0n) is 15.0. The lowest BCUT2D eigenvalue weighted by Crippen LogP contribution is -2.33. The van der Waals surface area contributed by atoms with Crippen LogP contribution in [0.3, 0.4) is 0 Å². The van der Waals surface area contributed by atoms with Crippen molar-refractivity contribution in [1.29, 1.82) is 0 Å². The van der Waals surface area contributed by atoms with Gasteiger partial charge in [-0.15, -0.1) is 0 Å². The van der Waals surface area contributed by atoms with E-state index < -0.39 is 0 Å². The van der Waals surface area contributed by atoms with E-state index in [2.05, 4.69) is 39.8 Å². The van der Waals surface area contributed by atoms with Crippen LogP contribution < -0.4 is 0 Å². The van der Waals surface area contributed by atoms with Gasteiger partial charge in [-0.05, 0) is 61.9 Å². The van der Waals surface area contributed by atoms with E-state index in [0.29, 0.717) is 5.92 Å². The van der Waals surface area contributed by atoms with Crippen LogP contribution in [0.25, 0.3) is 11.0 Å². The highest BCUT2D eigenvalue weighted by Gasteiger charge is 2.24. The Morgan fingerprint density at radius 3 is 2.65 bits per heavy atom. The predicted octanol–water partition coefficient (Wildman–Crippen LogP) is 4.50. The number of benzene rings is 2. The van der Waals surface area contributed by atoms with Crippen molar-refractivity contribution in [2.45, 2.75) is 44.7 Å². The number of likely N-dealkylation sites (tertiary alicyclic amines) is 1. The molecule has 5 rings (SSSR count). The smallest absolute Gasteiger partial charge is 0.125 e. The number of rotatable bonds is 3. The number of nitrogens with zero attached hydrogens (tertiary/aromatic N) is 3. The molecule has 0 radical (unpaired) electrons. The summed E-state index contributed by atoms with van der Waals surface area (Å²) >= 11 is 0. The predicted molar refractivity (Wildman–Crippen MR) is 102 cm³/mol. The Bertz CT molecular complexity index is 923. The average molecular weight is 349 g/mol. The van der Waals surface area contributed by atoms with Crippen molar-refractivity contribution in [3.63, 3.8) is 0 Å². The highest BCUT2D eigenvalue weighted by Crippen LogP contribution is 2.31. The first-order chi connectivity index (χ1) is 12.8. The number of aromatic nitrogens is 2. The van der Waals surface area contributed by atoms with Crippen molar-refractivity contribution in [1.82, 2.24) is 14.5 Å². The van der Waals surface area contributed by atoms with E-state index in [1.54, 1.807) is 12.1 Å². The molecule has 0 spiro atoms. The summed E-state index contributed by atoms with van der Waals surface area (Å²) in [7, 11) is 0. The van der Waals surface area contributed by atoms with E-state index in [-0.39, 0.29) is 5.82 Å². The fourth-order valence-electron chi connectivity index (χ4n) is 4.69. The van der Waals surface area contributed by atoms with Gasteiger partial charge in [-0.3, -0.25) is 4.90 Å². The Kier molecular flexibility index (Phi) is 4.01. The molecule has 4 heteroatoms. The molecule has 0 N–H and O–H groups in total. The number of hydrogen-bond acceptors (Lipinski definition) is 2. The second-order valence-electron chi connectivity index (χ2n) is 7.68. The van der Waals surface area contributed by atoms with Gasteiger partial charge in [0.1, 0.15) is 11.6 Å². The van der Waals surface area contributed by atoms with Crippen molar-refractivity contribution >= 4 is 11.0 Å². The Labute approximate surface area is 153 Å². The molecule has 2 aliphatic heterocycles. The van der Waals surface area contributed by atoms with Gasteiger partial charge in [-0.1, -0.05) is 30.3 Å². The van der Waals surface area contributed by atoms with E-state index in [0.717, 1.165) is 61.4 Å². The minimum Gasteiger partial charge on any atom is -0.327 e. The molecule has 134 valence electrons. The fraction of sp³-hybridized carbons (Fsp3) is 0.409. The summed E-state index contributed by atoms with van der Waals surface area (Å²) in [5.74, 6) is 1.62. The molecule has 1 saturated heterocycles. The largest absolute Gasteiger partial charge is 0.327 e. The molecule has 26 heavy (non-hydrogen) atoms.